The summed E-state index contributed by atoms with van der Waals surface area (Å²) < 4.78 is 0. The second-order valence-corrected chi connectivity index (χ2v) is 5.34. The van der Waals surface area contributed by atoms with E-state index in [2.05, 4.69) is 61.6 Å². The van der Waals surface area contributed by atoms with E-state index in [1.54, 1.807) is 4.90 Å². The fourth-order valence-electron chi connectivity index (χ4n) is 2.51. The number of nitrogens with zero attached hydrogens (tertiary/aromatic N) is 2. The standard InChI is InChI=1S/C18H20N2/c1-18(13-14-20(2)15-19,16-9-5-3-6-10-16)17-11-7-4-8-12-17/h3-12H,13-14H2,1-2H3. The molecule has 0 aliphatic rings. The van der Waals surface area contributed by atoms with E-state index in [9.17, 15) is 0 Å². The van der Waals surface area contributed by atoms with Gasteiger partial charge in [0.15, 0.2) is 6.19 Å². The van der Waals surface area contributed by atoms with Gasteiger partial charge in [-0.1, -0.05) is 67.6 Å². The first-order chi connectivity index (χ1) is 9.66. The second kappa shape index (κ2) is 6.25. The van der Waals surface area contributed by atoms with Gasteiger partial charge in [-0.3, -0.25) is 0 Å². The van der Waals surface area contributed by atoms with E-state index in [1.165, 1.54) is 11.1 Å². The minimum atomic E-state index is -0.0758. The summed E-state index contributed by atoms with van der Waals surface area (Å²) in [5.41, 5.74) is 2.50. The highest BCUT2D eigenvalue weighted by atomic mass is 15.1. The first-order valence-electron chi connectivity index (χ1n) is 6.89. The third kappa shape index (κ3) is 3.00. The van der Waals surface area contributed by atoms with Crippen molar-refractivity contribution < 1.29 is 0 Å². The van der Waals surface area contributed by atoms with Crippen molar-refractivity contribution in [2.45, 2.75) is 18.8 Å². The van der Waals surface area contributed by atoms with Gasteiger partial charge in [0.2, 0.25) is 0 Å². The second-order valence-electron chi connectivity index (χ2n) is 5.34. The molecule has 2 aromatic carbocycles. The molecule has 2 aromatic rings. The molecule has 102 valence electrons. The lowest BCUT2D eigenvalue weighted by molar-refractivity contribution is 0.396. The quantitative estimate of drug-likeness (QED) is 0.607. The Hall–Kier alpha value is -2.27. The molecule has 20 heavy (non-hydrogen) atoms. The maximum absolute atomic E-state index is 8.95. The van der Waals surface area contributed by atoms with Crippen molar-refractivity contribution in [1.82, 2.24) is 4.90 Å². The molecule has 0 saturated heterocycles. The van der Waals surface area contributed by atoms with E-state index < -0.39 is 0 Å². The molecule has 2 nitrogen and oxygen atoms in total. The maximum atomic E-state index is 8.95. The molecule has 0 bridgehead atoms. The van der Waals surface area contributed by atoms with Gasteiger partial charge in [-0.05, 0) is 17.5 Å². The van der Waals surface area contributed by atoms with E-state index >= 15 is 0 Å². The van der Waals surface area contributed by atoms with Crippen molar-refractivity contribution in [1.29, 1.82) is 5.26 Å². The van der Waals surface area contributed by atoms with Gasteiger partial charge in [0.25, 0.3) is 0 Å². The summed E-state index contributed by atoms with van der Waals surface area (Å²) in [5, 5.41) is 8.95. The van der Waals surface area contributed by atoms with E-state index in [1.807, 2.05) is 19.2 Å². The zero-order valence-corrected chi connectivity index (χ0v) is 12.1. The molecule has 0 radical (unpaired) electrons. The van der Waals surface area contributed by atoms with Crippen molar-refractivity contribution in [3.05, 3.63) is 71.8 Å². The van der Waals surface area contributed by atoms with E-state index in [0.717, 1.165) is 13.0 Å². The SMILES string of the molecule is CN(C#N)CCC(C)(c1ccccc1)c1ccccc1. The molecular formula is C18H20N2. The van der Waals surface area contributed by atoms with Gasteiger partial charge in [0.05, 0.1) is 0 Å². The van der Waals surface area contributed by atoms with Crippen LogP contribution in [0.3, 0.4) is 0 Å². The molecular weight excluding hydrogens is 244 g/mol. The first kappa shape index (κ1) is 14.1. The minimum absolute atomic E-state index is 0.0758. The molecule has 0 aromatic heterocycles. The van der Waals surface area contributed by atoms with Crippen molar-refractivity contribution in [3.8, 4) is 6.19 Å². The van der Waals surface area contributed by atoms with Crippen LogP contribution in [0.4, 0.5) is 0 Å². The van der Waals surface area contributed by atoms with Crippen molar-refractivity contribution in [2.75, 3.05) is 13.6 Å². The molecule has 0 aliphatic heterocycles. The van der Waals surface area contributed by atoms with Crippen LogP contribution in [0.15, 0.2) is 60.7 Å². The predicted octanol–water partition coefficient (Wildman–Crippen LogP) is 3.80. The summed E-state index contributed by atoms with van der Waals surface area (Å²) in [6.07, 6.45) is 3.08. The zero-order valence-electron chi connectivity index (χ0n) is 12.1. The Bertz CT molecular complexity index is 530. The fourth-order valence-corrected chi connectivity index (χ4v) is 2.51. The van der Waals surface area contributed by atoms with Gasteiger partial charge < -0.3 is 4.90 Å². The molecule has 0 amide bonds. The Morgan fingerprint density at radius 1 is 0.950 bits per heavy atom. The molecule has 2 heteroatoms. The average molecular weight is 264 g/mol. The van der Waals surface area contributed by atoms with Crippen LogP contribution < -0.4 is 0 Å². The van der Waals surface area contributed by atoms with Crippen LogP contribution in [-0.4, -0.2) is 18.5 Å². The molecule has 0 saturated carbocycles. The van der Waals surface area contributed by atoms with Crippen molar-refractivity contribution in [3.63, 3.8) is 0 Å². The number of hydrogen-bond donors (Lipinski definition) is 0. The summed E-state index contributed by atoms with van der Waals surface area (Å²) >= 11 is 0. The highest BCUT2D eigenvalue weighted by Gasteiger charge is 2.28. The molecule has 0 aliphatic carbocycles. The third-order valence-electron chi connectivity index (χ3n) is 3.94. The average Bonchev–Trinajstić information content (AvgIpc) is 2.54. The van der Waals surface area contributed by atoms with Crippen LogP contribution in [-0.2, 0) is 5.41 Å². The van der Waals surface area contributed by atoms with Gasteiger partial charge >= 0.3 is 0 Å². The molecule has 0 fully saturated rings. The topological polar surface area (TPSA) is 27.0 Å². The van der Waals surface area contributed by atoms with E-state index in [-0.39, 0.29) is 5.41 Å². The molecule has 0 spiro atoms. The number of hydrogen-bond acceptors (Lipinski definition) is 2. The van der Waals surface area contributed by atoms with Crippen molar-refractivity contribution in [2.24, 2.45) is 0 Å². The van der Waals surface area contributed by atoms with Crippen LogP contribution in [0.5, 0.6) is 0 Å². The highest BCUT2D eigenvalue weighted by Crippen LogP contribution is 2.35. The molecule has 0 N–H and O–H groups in total. The Balaban J connectivity index is 2.37. The number of nitriles is 1. The smallest absolute Gasteiger partial charge is 0.179 e. The first-order valence-corrected chi connectivity index (χ1v) is 6.89. The Kier molecular flexibility index (Phi) is 4.42. The van der Waals surface area contributed by atoms with E-state index in [0.29, 0.717) is 0 Å². The van der Waals surface area contributed by atoms with Gasteiger partial charge in [0.1, 0.15) is 0 Å². The Morgan fingerprint density at radius 3 is 1.80 bits per heavy atom. The largest absolute Gasteiger partial charge is 0.314 e. The summed E-state index contributed by atoms with van der Waals surface area (Å²) in [5.74, 6) is 0. The predicted molar refractivity (Wildman–Crippen MR) is 82.2 cm³/mol. The lowest BCUT2D eigenvalue weighted by Gasteiger charge is -2.32. The number of rotatable bonds is 5. The summed E-state index contributed by atoms with van der Waals surface area (Å²) in [7, 11) is 1.83. The molecule has 0 heterocycles. The van der Waals surface area contributed by atoms with Crippen molar-refractivity contribution >= 4 is 0 Å². The highest BCUT2D eigenvalue weighted by molar-refractivity contribution is 5.38. The van der Waals surface area contributed by atoms with Gasteiger partial charge in [0, 0.05) is 19.0 Å². The van der Waals surface area contributed by atoms with Gasteiger partial charge in [-0.2, -0.15) is 5.26 Å². The molecule has 0 atom stereocenters. The van der Waals surface area contributed by atoms with Crippen LogP contribution in [0.2, 0.25) is 0 Å². The fraction of sp³-hybridized carbons (Fsp3) is 0.278. The lowest BCUT2D eigenvalue weighted by atomic mass is 9.73. The third-order valence-corrected chi connectivity index (χ3v) is 3.94. The van der Waals surface area contributed by atoms with Crippen LogP contribution in [0.25, 0.3) is 0 Å². The summed E-state index contributed by atoms with van der Waals surface area (Å²) in [6, 6.07) is 21.0. The minimum Gasteiger partial charge on any atom is -0.314 e. The monoisotopic (exact) mass is 264 g/mol. The zero-order chi connectivity index (χ0) is 14.4. The normalized spacial score (nSPS) is 10.8. The summed E-state index contributed by atoms with van der Waals surface area (Å²) in [6.45, 7) is 3.00. The van der Waals surface area contributed by atoms with E-state index in [4.69, 9.17) is 5.26 Å². The Labute approximate surface area is 121 Å². The summed E-state index contributed by atoms with van der Waals surface area (Å²) in [4.78, 5) is 1.68. The number of benzene rings is 2. The van der Waals surface area contributed by atoms with Crippen LogP contribution >= 0.6 is 0 Å². The van der Waals surface area contributed by atoms with Gasteiger partial charge in [-0.25, -0.2) is 0 Å². The van der Waals surface area contributed by atoms with Gasteiger partial charge in [-0.15, -0.1) is 0 Å². The lowest BCUT2D eigenvalue weighted by Crippen LogP contribution is -2.28. The molecule has 2 rings (SSSR count). The molecule has 0 unspecified atom stereocenters. The van der Waals surface area contributed by atoms with Crippen LogP contribution in [0.1, 0.15) is 24.5 Å². The van der Waals surface area contributed by atoms with Crippen LogP contribution in [0, 0.1) is 11.5 Å². The Morgan fingerprint density at radius 2 is 1.40 bits per heavy atom. The maximum Gasteiger partial charge on any atom is 0.179 e.